The van der Waals surface area contributed by atoms with Crippen LogP contribution in [0.25, 0.3) is 66.8 Å². The van der Waals surface area contributed by atoms with E-state index in [1.54, 1.807) is 0 Å². The maximum absolute atomic E-state index is 6.75. The highest BCUT2D eigenvalue weighted by molar-refractivity contribution is 6.06. The molecule has 0 unspecified atom stereocenters. The largest absolute Gasteiger partial charge is 0.456 e. The lowest BCUT2D eigenvalue weighted by Gasteiger charge is -2.25. The lowest BCUT2D eigenvalue weighted by Crippen LogP contribution is -2.17. The monoisotopic (exact) mass is 542 g/mol. The Morgan fingerprint density at radius 2 is 0.833 bits per heavy atom. The standard InChI is InChI=1S/C40H30O2/c1-39(2)29-21-28-30(22-27(29)37-35(39)33-25(17-11-19-31(33)41-37)23-13-7-5-8-14-23)40(3,4)36-34-26(24-15-9-6-10-16-24)18-12-20-32(34)42-38(28)36/h5-22H,1-4H3. The van der Waals surface area contributed by atoms with Crippen molar-refractivity contribution in [1.82, 2.24) is 0 Å². The summed E-state index contributed by atoms with van der Waals surface area (Å²) in [7, 11) is 0. The molecule has 2 aliphatic carbocycles. The molecular formula is C40H30O2. The van der Waals surface area contributed by atoms with Gasteiger partial charge in [0.15, 0.2) is 0 Å². The Labute approximate surface area is 245 Å². The molecule has 0 bridgehead atoms. The molecular weight excluding hydrogens is 512 g/mol. The van der Waals surface area contributed by atoms with Gasteiger partial charge < -0.3 is 8.83 Å². The molecule has 2 aliphatic rings. The Morgan fingerprint density at radius 1 is 0.429 bits per heavy atom. The molecule has 0 amide bonds. The lowest BCUT2D eigenvalue weighted by molar-refractivity contribution is 0.617. The van der Waals surface area contributed by atoms with Gasteiger partial charge >= 0.3 is 0 Å². The molecule has 0 radical (unpaired) electrons. The first-order valence-corrected chi connectivity index (χ1v) is 14.8. The van der Waals surface area contributed by atoms with Gasteiger partial charge in [-0.1, -0.05) is 113 Å². The highest BCUT2D eigenvalue weighted by atomic mass is 16.3. The van der Waals surface area contributed by atoms with Gasteiger partial charge in [-0.2, -0.15) is 0 Å². The first-order chi connectivity index (χ1) is 20.4. The number of rotatable bonds is 2. The predicted molar refractivity (Wildman–Crippen MR) is 172 cm³/mol. The first kappa shape index (κ1) is 23.8. The Kier molecular flexibility index (Phi) is 4.50. The summed E-state index contributed by atoms with van der Waals surface area (Å²) in [6.45, 7) is 9.36. The molecule has 0 fully saturated rings. The number of hydrogen-bond donors (Lipinski definition) is 0. The first-order valence-electron chi connectivity index (χ1n) is 14.8. The zero-order valence-electron chi connectivity index (χ0n) is 24.2. The van der Waals surface area contributed by atoms with Crippen molar-refractivity contribution in [3.63, 3.8) is 0 Å². The van der Waals surface area contributed by atoms with Crippen molar-refractivity contribution in [1.29, 1.82) is 0 Å². The summed E-state index contributed by atoms with van der Waals surface area (Å²) >= 11 is 0. The minimum absolute atomic E-state index is 0.232. The Hall–Kier alpha value is -4.82. The van der Waals surface area contributed by atoms with Crippen molar-refractivity contribution >= 4 is 21.9 Å². The van der Waals surface area contributed by atoms with Crippen molar-refractivity contribution in [2.45, 2.75) is 38.5 Å². The highest BCUT2D eigenvalue weighted by Gasteiger charge is 2.46. The second-order valence-corrected chi connectivity index (χ2v) is 12.9. The van der Waals surface area contributed by atoms with E-state index in [-0.39, 0.29) is 10.8 Å². The molecule has 42 heavy (non-hydrogen) atoms. The van der Waals surface area contributed by atoms with E-state index in [2.05, 4.69) is 137 Å². The summed E-state index contributed by atoms with van der Waals surface area (Å²) in [6.07, 6.45) is 0. The summed E-state index contributed by atoms with van der Waals surface area (Å²) in [5.74, 6) is 2.01. The van der Waals surface area contributed by atoms with Gasteiger partial charge in [-0.25, -0.2) is 0 Å². The molecule has 0 atom stereocenters. The summed E-state index contributed by atoms with van der Waals surface area (Å²) in [5, 5.41) is 2.44. The van der Waals surface area contributed by atoms with E-state index in [0.717, 1.165) is 22.7 Å². The van der Waals surface area contributed by atoms with Gasteiger partial charge in [-0.05, 0) is 57.6 Å². The maximum Gasteiger partial charge on any atom is 0.139 e. The van der Waals surface area contributed by atoms with E-state index in [1.165, 1.54) is 66.4 Å². The Morgan fingerprint density at radius 3 is 1.24 bits per heavy atom. The van der Waals surface area contributed by atoms with Crippen molar-refractivity contribution < 1.29 is 8.83 Å². The van der Waals surface area contributed by atoms with E-state index in [1.807, 2.05) is 0 Å². The molecule has 2 nitrogen and oxygen atoms in total. The minimum Gasteiger partial charge on any atom is -0.456 e. The average molecular weight is 543 g/mol. The van der Waals surface area contributed by atoms with E-state index in [9.17, 15) is 0 Å². The summed E-state index contributed by atoms with van der Waals surface area (Å²) < 4.78 is 13.5. The van der Waals surface area contributed by atoms with Crippen LogP contribution in [0.1, 0.15) is 49.9 Å². The van der Waals surface area contributed by atoms with Gasteiger partial charge in [0.05, 0.1) is 0 Å². The van der Waals surface area contributed by atoms with Gasteiger partial charge in [-0.3, -0.25) is 0 Å². The Balaban J connectivity index is 1.30. The molecule has 9 rings (SSSR count). The second-order valence-electron chi connectivity index (χ2n) is 12.9. The molecule has 202 valence electrons. The molecule has 2 aromatic heterocycles. The third kappa shape index (κ3) is 2.89. The van der Waals surface area contributed by atoms with E-state index >= 15 is 0 Å². The van der Waals surface area contributed by atoms with Crippen LogP contribution in [0.15, 0.2) is 118 Å². The number of benzene rings is 5. The average Bonchev–Trinajstić information content (AvgIpc) is 3.71. The SMILES string of the molecule is CC1(C)c2cc3c(cc2-c2oc4cccc(-c5ccccc5)c4c21)C(C)(C)c1c-3oc2cccc(-c3ccccc3)c12. The molecule has 0 saturated carbocycles. The van der Waals surface area contributed by atoms with E-state index in [0.29, 0.717) is 0 Å². The van der Waals surface area contributed by atoms with Crippen molar-refractivity contribution in [2.75, 3.05) is 0 Å². The molecule has 5 aromatic carbocycles. The molecule has 0 spiro atoms. The summed E-state index contributed by atoms with van der Waals surface area (Å²) in [4.78, 5) is 0. The number of hydrogen-bond acceptors (Lipinski definition) is 2. The quantitative estimate of drug-likeness (QED) is 0.217. The van der Waals surface area contributed by atoms with Crippen molar-refractivity contribution in [3.05, 3.63) is 131 Å². The molecule has 0 N–H and O–H groups in total. The Bertz CT molecular complexity index is 2060. The fraction of sp³-hybridized carbons (Fsp3) is 0.150. The van der Waals surface area contributed by atoms with Crippen LogP contribution < -0.4 is 0 Å². The fourth-order valence-electron chi connectivity index (χ4n) is 7.86. The van der Waals surface area contributed by atoms with Crippen molar-refractivity contribution in [3.8, 4) is 44.9 Å². The lowest BCUT2D eigenvalue weighted by atomic mass is 9.77. The molecule has 0 aliphatic heterocycles. The van der Waals surface area contributed by atoms with Crippen LogP contribution in [-0.2, 0) is 10.8 Å². The van der Waals surface area contributed by atoms with E-state index < -0.39 is 0 Å². The van der Waals surface area contributed by atoms with Crippen LogP contribution in [0.5, 0.6) is 0 Å². The third-order valence-corrected chi connectivity index (χ3v) is 9.84. The van der Waals surface area contributed by atoms with Gasteiger partial charge in [-0.15, -0.1) is 0 Å². The van der Waals surface area contributed by atoms with Crippen LogP contribution in [0.2, 0.25) is 0 Å². The smallest absolute Gasteiger partial charge is 0.139 e. The van der Waals surface area contributed by atoms with Gasteiger partial charge in [0.2, 0.25) is 0 Å². The van der Waals surface area contributed by atoms with Crippen molar-refractivity contribution in [2.24, 2.45) is 0 Å². The molecule has 7 aromatic rings. The topological polar surface area (TPSA) is 26.3 Å². The number of furan rings is 2. The molecule has 2 heterocycles. The summed E-state index contributed by atoms with van der Waals surface area (Å²) in [6, 6.07) is 39.0. The number of fused-ring (bicyclic) bond motifs is 10. The van der Waals surface area contributed by atoms with Gasteiger partial charge in [0, 0.05) is 43.9 Å². The molecule has 0 saturated heterocycles. The zero-order valence-corrected chi connectivity index (χ0v) is 24.2. The third-order valence-electron chi connectivity index (χ3n) is 9.84. The fourth-order valence-corrected chi connectivity index (χ4v) is 7.86. The van der Waals surface area contributed by atoms with E-state index in [4.69, 9.17) is 8.83 Å². The van der Waals surface area contributed by atoms with Gasteiger partial charge in [0.25, 0.3) is 0 Å². The predicted octanol–water partition coefficient (Wildman–Crippen LogP) is 11.1. The molecule has 2 heteroatoms. The normalized spacial score (nSPS) is 15.5. The highest BCUT2D eigenvalue weighted by Crippen LogP contribution is 2.60. The second kappa shape index (κ2) is 7.92. The zero-order chi connectivity index (χ0) is 28.4. The van der Waals surface area contributed by atoms with Crippen LogP contribution in [0, 0.1) is 0 Å². The summed E-state index contributed by atoms with van der Waals surface area (Å²) in [5.41, 5.74) is 13.9. The minimum atomic E-state index is -0.232. The van der Waals surface area contributed by atoms with Crippen LogP contribution in [-0.4, -0.2) is 0 Å². The van der Waals surface area contributed by atoms with Crippen LogP contribution in [0.3, 0.4) is 0 Å². The van der Waals surface area contributed by atoms with Crippen LogP contribution in [0.4, 0.5) is 0 Å². The van der Waals surface area contributed by atoms with Crippen LogP contribution >= 0.6 is 0 Å². The van der Waals surface area contributed by atoms with Gasteiger partial charge in [0.1, 0.15) is 22.7 Å². The maximum atomic E-state index is 6.75.